The first-order valence-corrected chi connectivity index (χ1v) is 13.9. The normalized spacial score (nSPS) is 22.1. The molecule has 2 aromatic rings. The van der Waals surface area contributed by atoms with Crippen LogP contribution in [-0.4, -0.2) is 23.3 Å². The molecule has 2 aromatic heterocycles. The lowest BCUT2D eigenvalue weighted by molar-refractivity contribution is -0.116. The van der Waals surface area contributed by atoms with E-state index in [2.05, 4.69) is 84.2 Å². The summed E-state index contributed by atoms with van der Waals surface area (Å²) in [6.07, 6.45) is 16.7. The summed E-state index contributed by atoms with van der Waals surface area (Å²) >= 11 is 3.46. The third kappa shape index (κ3) is 4.04. The van der Waals surface area contributed by atoms with Crippen molar-refractivity contribution in [2.24, 2.45) is 0 Å². The van der Waals surface area contributed by atoms with Crippen molar-refractivity contribution in [1.82, 2.24) is 4.90 Å². The summed E-state index contributed by atoms with van der Waals surface area (Å²) in [5, 5.41) is 4.23. The SMILES string of the molecule is CCCCCCC1=C2C=C3C=CC=CC3N(CC)C2=C(c2cccs2)C(c2cccs2)C1=O. The highest BCUT2D eigenvalue weighted by Gasteiger charge is 2.42. The van der Waals surface area contributed by atoms with Crippen molar-refractivity contribution in [2.45, 2.75) is 57.9 Å². The van der Waals surface area contributed by atoms with E-state index in [1.54, 1.807) is 22.7 Å². The summed E-state index contributed by atoms with van der Waals surface area (Å²) in [7, 11) is 0. The average molecular weight is 474 g/mol. The van der Waals surface area contributed by atoms with E-state index in [4.69, 9.17) is 0 Å². The van der Waals surface area contributed by atoms with Gasteiger partial charge >= 0.3 is 0 Å². The van der Waals surface area contributed by atoms with Crippen molar-refractivity contribution in [3.8, 4) is 0 Å². The summed E-state index contributed by atoms with van der Waals surface area (Å²) < 4.78 is 0. The largest absolute Gasteiger partial charge is 0.360 e. The average Bonchev–Trinajstić information content (AvgIpc) is 3.55. The molecule has 3 heterocycles. The summed E-state index contributed by atoms with van der Waals surface area (Å²) in [6.45, 7) is 5.38. The molecule has 1 aliphatic heterocycles. The van der Waals surface area contributed by atoms with E-state index in [1.807, 2.05) is 0 Å². The van der Waals surface area contributed by atoms with Gasteiger partial charge in [-0.3, -0.25) is 4.79 Å². The molecule has 2 nitrogen and oxygen atoms in total. The molecule has 2 aliphatic carbocycles. The van der Waals surface area contributed by atoms with E-state index < -0.39 is 0 Å². The van der Waals surface area contributed by atoms with Crippen LogP contribution in [0.2, 0.25) is 0 Å². The fourth-order valence-corrected chi connectivity index (χ4v) is 6.99. The Balaban J connectivity index is 1.75. The number of nitrogens with zero attached hydrogens (tertiary/aromatic N) is 1. The number of thiophene rings is 2. The van der Waals surface area contributed by atoms with E-state index in [-0.39, 0.29) is 12.0 Å². The Morgan fingerprint density at radius 2 is 1.85 bits per heavy atom. The van der Waals surface area contributed by atoms with Gasteiger partial charge < -0.3 is 4.90 Å². The van der Waals surface area contributed by atoms with Crippen LogP contribution in [0, 0.1) is 0 Å². The number of Topliss-reactive ketones (excluding diaryl/α,β-unsaturated/α-hetero) is 1. The van der Waals surface area contributed by atoms with Gasteiger partial charge in [0.25, 0.3) is 0 Å². The number of rotatable bonds is 8. The van der Waals surface area contributed by atoms with Gasteiger partial charge in [0.1, 0.15) is 0 Å². The van der Waals surface area contributed by atoms with Crippen LogP contribution in [0.3, 0.4) is 0 Å². The van der Waals surface area contributed by atoms with Gasteiger partial charge in [0.05, 0.1) is 17.7 Å². The molecular weight excluding hydrogens is 442 g/mol. The molecule has 0 spiro atoms. The minimum absolute atomic E-state index is 0.212. The Kier molecular flexibility index (Phi) is 6.66. The summed E-state index contributed by atoms with van der Waals surface area (Å²) in [5.41, 5.74) is 5.96. The zero-order chi connectivity index (χ0) is 22.8. The first-order chi connectivity index (χ1) is 16.2. The standard InChI is InChI=1S/C29H31NOS2/c1-3-5-6-7-13-21-22-19-20-12-8-9-14-23(20)30(4-2)28(22)26(24-15-10-17-32-24)27(29(21)31)25-16-11-18-33-25/h8-12,14-19,23,27H,3-7,13H2,1-2H3. The van der Waals surface area contributed by atoms with Crippen LogP contribution in [0.25, 0.3) is 5.57 Å². The number of allylic oxidation sites excluding steroid dienone is 5. The van der Waals surface area contributed by atoms with E-state index in [1.165, 1.54) is 46.6 Å². The van der Waals surface area contributed by atoms with Crippen LogP contribution >= 0.6 is 22.7 Å². The third-order valence-electron chi connectivity index (χ3n) is 6.89. The molecule has 0 saturated carbocycles. The lowest BCUT2D eigenvalue weighted by Gasteiger charge is -2.44. The van der Waals surface area contributed by atoms with E-state index >= 15 is 0 Å². The van der Waals surface area contributed by atoms with Crippen molar-refractivity contribution in [2.75, 3.05) is 6.54 Å². The minimum Gasteiger partial charge on any atom is -0.360 e. The van der Waals surface area contributed by atoms with Crippen LogP contribution in [0.15, 0.2) is 87.8 Å². The molecule has 170 valence electrons. The Morgan fingerprint density at radius 3 is 2.58 bits per heavy atom. The number of hydrogen-bond acceptors (Lipinski definition) is 4. The van der Waals surface area contributed by atoms with Crippen molar-refractivity contribution >= 4 is 34.0 Å². The maximum atomic E-state index is 14.2. The Hall–Kier alpha value is -2.43. The number of likely N-dealkylation sites (N-methyl/N-ethyl adjacent to an activating group) is 1. The molecule has 5 rings (SSSR count). The van der Waals surface area contributed by atoms with Gasteiger partial charge in [0.15, 0.2) is 5.78 Å². The fourth-order valence-electron chi connectivity index (χ4n) is 5.36. The highest BCUT2D eigenvalue weighted by atomic mass is 32.1. The van der Waals surface area contributed by atoms with Gasteiger partial charge in [-0.25, -0.2) is 0 Å². The number of fused-ring (bicyclic) bond motifs is 2. The zero-order valence-electron chi connectivity index (χ0n) is 19.4. The van der Waals surface area contributed by atoms with Gasteiger partial charge in [-0.15, -0.1) is 22.7 Å². The third-order valence-corrected chi connectivity index (χ3v) is 8.73. The van der Waals surface area contributed by atoms with Gasteiger partial charge in [-0.1, -0.05) is 62.6 Å². The number of unbranched alkanes of at least 4 members (excludes halogenated alkanes) is 3. The zero-order valence-corrected chi connectivity index (χ0v) is 21.1. The van der Waals surface area contributed by atoms with Crippen molar-refractivity contribution in [3.05, 3.63) is 97.6 Å². The molecule has 3 aliphatic rings. The molecule has 0 N–H and O–H groups in total. The molecule has 2 atom stereocenters. The lowest BCUT2D eigenvalue weighted by Crippen LogP contribution is -2.41. The predicted molar refractivity (Wildman–Crippen MR) is 142 cm³/mol. The van der Waals surface area contributed by atoms with Crippen LogP contribution in [0.1, 0.15) is 61.6 Å². The van der Waals surface area contributed by atoms with Gasteiger partial charge in [-0.05, 0) is 54.3 Å². The molecule has 0 aromatic carbocycles. The second-order valence-electron chi connectivity index (χ2n) is 8.87. The van der Waals surface area contributed by atoms with Gasteiger partial charge in [0.2, 0.25) is 0 Å². The van der Waals surface area contributed by atoms with Crippen LogP contribution in [0.5, 0.6) is 0 Å². The molecule has 0 saturated heterocycles. The monoisotopic (exact) mass is 473 g/mol. The number of ketones is 1. The quantitative estimate of drug-likeness (QED) is 0.363. The van der Waals surface area contributed by atoms with Gasteiger partial charge in [-0.2, -0.15) is 0 Å². The molecule has 0 amide bonds. The lowest BCUT2D eigenvalue weighted by atomic mass is 9.74. The summed E-state index contributed by atoms with van der Waals surface area (Å²) in [5.74, 6) is 0.0912. The second kappa shape index (κ2) is 9.82. The first kappa shape index (κ1) is 22.4. The first-order valence-electron chi connectivity index (χ1n) is 12.2. The topological polar surface area (TPSA) is 20.3 Å². The smallest absolute Gasteiger partial charge is 0.172 e. The van der Waals surface area contributed by atoms with Crippen molar-refractivity contribution < 1.29 is 4.79 Å². The van der Waals surface area contributed by atoms with Gasteiger partial charge in [0, 0.05) is 33.0 Å². The second-order valence-corrected chi connectivity index (χ2v) is 10.8. The number of carbonyl (C=O) groups excluding carboxylic acids is 1. The van der Waals surface area contributed by atoms with Crippen molar-refractivity contribution in [1.29, 1.82) is 0 Å². The highest BCUT2D eigenvalue weighted by molar-refractivity contribution is 7.11. The Labute approximate surface area is 205 Å². The molecule has 0 radical (unpaired) electrons. The van der Waals surface area contributed by atoms with Crippen LogP contribution < -0.4 is 0 Å². The molecule has 33 heavy (non-hydrogen) atoms. The van der Waals surface area contributed by atoms with E-state index in [0.717, 1.165) is 29.8 Å². The van der Waals surface area contributed by atoms with E-state index in [9.17, 15) is 4.79 Å². The molecule has 2 unspecified atom stereocenters. The number of hydrogen-bond donors (Lipinski definition) is 0. The predicted octanol–water partition coefficient (Wildman–Crippen LogP) is 7.91. The van der Waals surface area contributed by atoms with Crippen LogP contribution in [-0.2, 0) is 4.79 Å². The molecule has 0 fully saturated rings. The minimum atomic E-state index is -0.212. The molecule has 4 heteroatoms. The van der Waals surface area contributed by atoms with E-state index in [0.29, 0.717) is 5.78 Å². The maximum Gasteiger partial charge on any atom is 0.172 e. The Morgan fingerprint density at radius 1 is 1.00 bits per heavy atom. The Bertz CT molecular complexity index is 1160. The maximum absolute atomic E-state index is 14.2. The number of carbonyl (C=O) groups is 1. The van der Waals surface area contributed by atoms with Crippen LogP contribution in [0.4, 0.5) is 0 Å². The highest BCUT2D eigenvalue weighted by Crippen LogP contribution is 2.51. The summed E-state index contributed by atoms with van der Waals surface area (Å²) in [6, 6.07) is 8.75. The fraction of sp³-hybridized carbons (Fsp3) is 0.345. The van der Waals surface area contributed by atoms with Crippen molar-refractivity contribution in [3.63, 3.8) is 0 Å². The molecule has 0 bridgehead atoms. The molecular formula is C29H31NOS2. The summed E-state index contributed by atoms with van der Waals surface area (Å²) in [4.78, 5) is 19.1.